The van der Waals surface area contributed by atoms with E-state index in [1.54, 1.807) is 7.11 Å². The molecule has 1 amide bonds. The molecular weight excluding hydrogens is 342 g/mol. The van der Waals surface area contributed by atoms with Gasteiger partial charge in [0.2, 0.25) is 6.10 Å². The Hall–Kier alpha value is -2.08. The topological polar surface area (TPSA) is 54.4 Å². The summed E-state index contributed by atoms with van der Waals surface area (Å²) in [6, 6.07) is 8.33. The first-order valence-electron chi connectivity index (χ1n) is 9.84. The fraction of sp³-hybridized carbons (Fsp3) is 0.619. The van der Waals surface area contributed by atoms with Crippen molar-refractivity contribution in [3.8, 4) is 5.75 Å². The van der Waals surface area contributed by atoms with E-state index >= 15 is 0 Å². The van der Waals surface area contributed by atoms with Gasteiger partial charge in [0, 0.05) is 26.6 Å². The number of carbonyl (C=O) groups excluding carboxylic acids is 1. The standard InChI is InChI=1S/C21H31N3O3/c1-16-14-20(27-22-16)21(25)23(2)15-18-9-12-24(13-10-18)11-8-17-4-6-19(26-3)7-5-17/h4-7,18,20H,8-15H2,1-3H3/t20-/m0/s1. The highest BCUT2D eigenvalue weighted by atomic mass is 16.6. The van der Waals surface area contributed by atoms with Gasteiger partial charge < -0.3 is 19.4 Å². The number of benzene rings is 1. The zero-order valence-corrected chi connectivity index (χ0v) is 16.7. The van der Waals surface area contributed by atoms with Gasteiger partial charge in [-0.25, -0.2) is 0 Å². The highest BCUT2D eigenvalue weighted by Gasteiger charge is 2.30. The van der Waals surface area contributed by atoms with Crippen LogP contribution in [0.4, 0.5) is 0 Å². The van der Waals surface area contributed by atoms with Crippen molar-refractivity contribution in [3.05, 3.63) is 29.8 Å². The Morgan fingerprint density at radius 2 is 2.00 bits per heavy atom. The average Bonchev–Trinajstić information content (AvgIpc) is 3.13. The molecule has 1 aromatic rings. The van der Waals surface area contributed by atoms with Crippen LogP contribution in [0, 0.1) is 5.92 Å². The van der Waals surface area contributed by atoms with Crippen LogP contribution in [0.15, 0.2) is 29.4 Å². The molecule has 3 rings (SSSR count). The lowest BCUT2D eigenvalue weighted by atomic mass is 9.95. The third-order valence-electron chi connectivity index (χ3n) is 5.58. The van der Waals surface area contributed by atoms with Crippen molar-refractivity contribution in [2.75, 3.05) is 40.3 Å². The Morgan fingerprint density at radius 3 is 2.59 bits per heavy atom. The fourth-order valence-electron chi connectivity index (χ4n) is 3.82. The molecule has 0 spiro atoms. The molecule has 0 bridgehead atoms. The van der Waals surface area contributed by atoms with E-state index in [4.69, 9.17) is 9.57 Å². The predicted molar refractivity (Wildman–Crippen MR) is 106 cm³/mol. The summed E-state index contributed by atoms with van der Waals surface area (Å²) in [5, 5.41) is 3.89. The molecule has 6 heteroatoms. The number of likely N-dealkylation sites (N-methyl/N-ethyl adjacent to an activating group) is 1. The molecule has 2 aliphatic heterocycles. The van der Waals surface area contributed by atoms with Crippen LogP contribution in [0.1, 0.15) is 31.7 Å². The summed E-state index contributed by atoms with van der Waals surface area (Å²) in [5.41, 5.74) is 2.24. The van der Waals surface area contributed by atoms with Gasteiger partial charge in [-0.3, -0.25) is 4.79 Å². The molecule has 6 nitrogen and oxygen atoms in total. The molecule has 0 aliphatic carbocycles. The summed E-state index contributed by atoms with van der Waals surface area (Å²) in [4.78, 5) is 22.0. The van der Waals surface area contributed by atoms with Gasteiger partial charge in [-0.2, -0.15) is 0 Å². The normalized spacial score (nSPS) is 20.9. The highest BCUT2D eigenvalue weighted by molar-refractivity contribution is 5.91. The van der Waals surface area contributed by atoms with Crippen LogP contribution in [0.5, 0.6) is 5.75 Å². The molecule has 1 saturated heterocycles. The van der Waals surface area contributed by atoms with Crippen molar-refractivity contribution in [3.63, 3.8) is 0 Å². The number of amides is 1. The number of nitrogens with zero attached hydrogens (tertiary/aromatic N) is 3. The van der Waals surface area contributed by atoms with Gasteiger partial charge in [-0.05, 0) is 62.9 Å². The molecule has 27 heavy (non-hydrogen) atoms. The van der Waals surface area contributed by atoms with E-state index in [0.717, 1.165) is 56.9 Å². The van der Waals surface area contributed by atoms with E-state index < -0.39 is 6.10 Å². The molecule has 0 radical (unpaired) electrons. The van der Waals surface area contributed by atoms with Crippen LogP contribution in [0.3, 0.4) is 0 Å². The number of hydrogen-bond donors (Lipinski definition) is 0. The SMILES string of the molecule is COc1ccc(CCN2CCC(CN(C)C(=O)[C@@H]3CC(C)=NO3)CC2)cc1. The number of likely N-dealkylation sites (tertiary alicyclic amines) is 1. The first-order valence-corrected chi connectivity index (χ1v) is 9.84. The summed E-state index contributed by atoms with van der Waals surface area (Å²) in [6.45, 7) is 6.00. The Bertz CT molecular complexity index is 651. The second-order valence-corrected chi connectivity index (χ2v) is 7.73. The number of hydrogen-bond acceptors (Lipinski definition) is 5. The summed E-state index contributed by atoms with van der Waals surface area (Å²) in [6.07, 6.45) is 3.54. The molecule has 0 aromatic heterocycles. The van der Waals surface area contributed by atoms with E-state index in [2.05, 4.69) is 22.2 Å². The van der Waals surface area contributed by atoms with Crippen molar-refractivity contribution in [2.45, 2.75) is 38.7 Å². The zero-order chi connectivity index (χ0) is 19.2. The van der Waals surface area contributed by atoms with Gasteiger partial charge in [0.05, 0.1) is 12.8 Å². The van der Waals surface area contributed by atoms with E-state index in [0.29, 0.717) is 12.3 Å². The van der Waals surface area contributed by atoms with Gasteiger partial charge in [0.15, 0.2) is 0 Å². The Morgan fingerprint density at radius 1 is 1.30 bits per heavy atom. The van der Waals surface area contributed by atoms with Crippen molar-refractivity contribution in [2.24, 2.45) is 11.1 Å². The Kier molecular flexibility index (Phi) is 6.72. The first kappa shape index (κ1) is 19.7. The van der Waals surface area contributed by atoms with Crippen molar-refractivity contribution < 1.29 is 14.4 Å². The third kappa shape index (κ3) is 5.45. The lowest BCUT2D eigenvalue weighted by Gasteiger charge is -2.34. The van der Waals surface area contributed by atoms with E-state index in [1.807, 2.05) is 31.0 Å². The van der Waals surface area contributed by atoms with Gasteiger partial charge >= 0.3 is 0 Å². The summed E-state index contributed by atoms with van der Waals surface area (Å²) < 4.78 is 5.21. The number of rotatable bonds is 7. The highest BCUT2D eigenvalue weighted by Crippen LogP contribution is 2.20. The largest absolute Gasteiger partial charge is 0.497 e. The number of methoxy groups -OCH3 is 1. The number of oxime groups is 1. The maximum atomic E-state index is 12.4. The van der Waals surface area contributed by atoms with Gasteiger partial charge in [0.25, 0.3) is 5.91 Å². The summed E-state index contributed by atoms with van der Waals surface area (Å²) >= 11 is 0. The lowest BCUT2D eigenvalue weighted by Crippen LogP contribution is -2.43. The van der Waals surface area contributed by atoms with E-state index in [-0.39, 0.29) is 5.91 Å². The molecule has 1 fully saturated rings. The van der Waals surface area contributed by atoms with Crippen LogP contribution in [0.25, 0.3) is 0 Å². The van der Waals surface area contributed by atoms with Gasteiger partial charge in [-0.15, -0.1) is 0 Å². The fourth-order valence-corrected chi connectivity index (χ4v) is 3.82. The molecule has 148 valence electrons. The Balaban J connectivity index is 1.36. The van der Waals surface area contributed by atoms with Crippen molar-refractivity contribution in [1.29, 1.82) is 0 Å². The quantitative estimate of drug-likeness (QED) is 0.737. The maximum Gasteiger partial charge on any atom is 0.266 e. The van der Waals surface area contributed by atoms with E-state index in [1.165, 1.54) is 5.56 Å². The van der Waals surface area contributed by atoms with Gasteiger partial charge in [0.1, 0.15) is 5.75 Å². The van der Waals surface area contributed by atoms with Crippen LogP contribution >= 0.6 is 0 Å². The molecular formula is C21H31N3O3. The minimum Gasteiger partial charge on any atom is -0.497 e. The number of carbonyl (C=O) groups is 1. The minimum absolute atomic E-state index is 0.0533. The lowest BCUT2D eigenvalue weighted by molar-refractivity contribution is -0.141. The van der Waals surface area contributed by atoms with Crippen molar-refractivity contribution >= 4 is 11.6 Å². The first-order chi connectivity index (χ1) is 13.0. The van der Waals surface area contributed by atoms with Gasteiger partial charge in [-0.1, -0.05) is 17.3 Å². The molecule has 0 N–H and O–H groups in total. The zero-order valence-electron chi connectivity index (χ0n) is 16.7. The van der Waals surface area contributed by atoms with E-state index in [9.17, 15) is 4.79 Å². The van der Waals surface area contributed by atoms with Crippen LogP contribution in [-0.2, 0) is 16.1 Å². The third-order valence-corrected chi connectivity index (χ3v) is 5.58. The second kappa shape index (κ2) is 9.22. The smallest absolute Gasteiger partial charge is 0.266 e. The number of ether oxygens (including phenoxy) is 1. The van der Waals surface area contributed by atoms with Crippen LogP contribution < -0.4 is 4.74 Å². The van der Waals surface area contributed by atoms with Crippen LogP contribution in [-0.4, -0.2) is 67.9 Å². The molecule has 1 atom stereocenters. The average molecular weight is 373 g/mol. The maximum absolute atomic E-state index is 12.4. The molecule has 1 aromatic carbocycles. The van der Waals surface area contributed by atoms with Crippen LogP contribution in [0.2, 0.25) is 0 Å². The van der Waals surface area contributed by atoms with Crippen molar-refractivity contribution in [1.82, 2.24) is 9.80 Å². The summed E-state index contributed by atoms with van der Waals surface area (Å²) in [7, 11) is 3.58. The summed E-state index contributed by atoms with van der Waals surface area (Å²) in [5.74, 6) is 1.53. The molecule has 0 saturated carbocycles. The monoisotopic (exact) mass is 373 g/mol. The second-order valence-electron chi connectivity index (χ2n) is 7.73. The molecule has 2 heterocycles. The Labute approximate surface area is 162 Å². The molecule has 0 unspecified atom stereocenters. The predicted octanol–water partition coefficient (Wildman–Crippen LogP) is 2.57. The number of piperidine rings is 1. The minimum atomic E-state index is -0.417. The molecule has 2 aliphatic rings.